The van der Waals surface area contributed by atoms with E-state index in [1.54, 1.807) is 23.8 Å². The van der Waals surface area contributed by atoms with E-state index in [1.807, 2.05) is 3.28 Å². The zero-order valence-corrected chi connectivity index (χ0v) is 19.7. The normalized spacial score (nSPS) is 19.3. The molecule has 1 heterocycles. The molecular formula is C23H24Cl2OZr. The molecule has 140 valence electrons. The molecule has 1 fully saturated rings. The number of ether oxygens (including phenoxy) is 1. The predicted octanol–water partition coefficient (Wildman–Crippen LogP) is 0.401. The molecule has 1 atom stereocenters. The number of methoxy groups -OCH3 is 1. The van der Waals surface area contributed by atoms with E-state index >= 15 is 0 Å². The van der Waals surface area contributed by atoms with Crippen molar-refractivity contribution in [1.82, 2.24) is 0 Å². The van der Waals surface area contributed by atoms with E-state index in [0.29, 0.717) is 3.63 Å². The van der Waals surface area contributed by atoms with Crippen molar-refractivity contribution in [2.24, 2.45) is 0 Å². The summed E-state index contributed by atoms with van der Waals surface area (Å²) in [6.07, 6.45) is 7.26. The first-order valence-electron chi connectivity index (χ1n) is 9.45. The van der Waals surface area contributed by atoms with Gasteiger partial charge in [0.1, 0.15) is 0 Å². The van der Waals surface area contributed by atoms with Gasteiger partial charge in [0.25, 0.3) is 0 Å². The van der Waals surface area contributed by atoms with Crippen molar-refractivity contribution >= 4 is 0 Å². The third kappa shape index (κ3) is 3.00. The topological polar surface area (TPSA) is 9.23 Å². The van der Waals surface area contributed by atoms with Crippen LogP contribution in [0.25, 0.3) is 11.1 Å². The molecule has 0 amide bonds. The number of benzene rings is 2. The molecule has 2 aromatic carbocycles. The van der Waals surface area contributed by atoms with Crippen LogP contribution in [0.2, 0.25) is 8.26 Å². The SMILES string of the molecule is CCC1=[C]([Zr+2]2([CH]3c4ccccc4-c4c(OC)cccc43)[CH2][CH2]2)CC=C1.[Cl-].[Cl-]. The van der Waals surface area contributed by atoms with Gasteiger partial charge in [-0.2, -0.15) is 0 Å². The summed E-state index contributed by atoms with van der Waals surface area (Å²) >= 11 is -2.35. The molecule has 0 N–H and O–H groups in total. The Morgan fingerprint density at radius 1 is 1.00 bits per heavy atom. The van der Waals surface area contributed by atoms with E-state index < -0.39 is 20.3 Å². The molecule has 2 aliphatic carbocycles. The minimum atomic E-state index is -2.35. The first-order valence-corrected chi connectivity index (χ1v) is 15.6. The first-order chi connectivity index (χ1) is 12.3. The molecule has 1 saturated heterocycles. The molecule has 0 spiro atoms. The number of allylic oxidation sites excluding steroid dienone is 4. The molecule has 4 heteroatoms. The Balaban J connectivity index is 0.00000105. The standard InChI is InChI=1S/C14H11O.C7H9.C2H4.2ClH.Zr/c1-15-13-8-4-6-11-9-10-5-2-3-7-12(10)14(11)13;1-2-7-5-3-4-6-7;1-2;;;/h2-9H,1H3;3,5H,2,4H2,1H3;1-2H2;2*1H;/q;;;;;+2/p-2. The smallest absolute Gasteiger partial charge is 1.00 e. The molecule has 3 aliphatic rings. The van der Waals surface area contributed by atoms with Crippen molar-refractivity contribution in [2.45, 2.75) is 31.6 Å². The Bertz CT molecular complexity index is 928. The van der Waals surface area contributed by atoms with Gasteiger partial charge in [0.05, 0.1) is 0 Å². The largest absolute Gasteiger partial charge is 1.00 e. The van der Waals surface area contributed by atoms with Gasteiger partial charge >= 0.3 is 155 Å². The second-order valence-corrected chi connectivity index (χ2v) is 18.6. The molecule has 1 unspecified atom stereocenters. The van der Waals surface area contributed by atoms with Crippen LogP contribution in [-0.2, 0) is 20.3 Å². The van der Waals surface area contributed by atoms with Gasteiger partial charge in [-0.25, -0.2) is 0 Å². The molecule has 0 saturated carbocycles. The third-order valence-corrected chi connectivity index (χ3v) is 18.9. The number of halogens is 2. The molecule has 1 nitrogen and oxygen atoms in total. The van der Waals surface area contributed by atoms with Crippen LogP contribution in [0.5, 0.6) is 5.75 Å². The number of rotatable bonds is 4. The van der Waals surface area contributed by atoms with Crippen LogP contribution >= 0.6 is 0 Å². The Labute approximate surface area is 179 Å². The minimum Gasteiger partial charge on any atom is -1.00 e. The molecule has 5 rings (SSSR count). The Morgan fingerprint density at radius 2 is 1.74 bits per heavy atom. The van der Waals surface area contributed by atoms with E-state index in [2.05, 4.69) is 61.5 Å². The maximum atomic E-state index is 5.76. The number of hydrogen-bond acceptors (Lipinski definition) is 1. The van der Waals surface area contributed by atoms with Gasteiger partial charge in [-0.05, 0) is 0 Å². The van der Waals surface area contributed by atoms with Crippen LogP contribution in [0.4, 0.5) is 0 Å². The van der Waals surface area contributed by atoms with Gasteiger partial charge < -0.3 is 24.8 Å². The van der Waals surface area contributed by atoms with Crippen LogP contribution in [0.1, 0.15) is 34.5 Å². The molecule has 0 radical (unpaired) electrons. The molecule has 0 bridgehead atoms. The molecule has 1 aliphatic heterocycles. The maximum absolute atomic E-state index is 5.76. The van der Waals surface area contributed by atoms with Gasteiger partial charge in [-0.15, -0.1) is 0 Å². The maximum Gasteiger partial charge on any atom is -1.00 e. The monoisotopic (exact) mass is 476 g/mol. The van der Waals surface area contributed by atoms with Crippen LogP contribution in [0, 0.1) is 0 Å². The first kappa shape index (κ1) is 20.9. The summed E-state index contributed by atoms with van der Waals surface area (Å²) < 4.78 is 11.4. The second-order valence-electron chi connectivity index (χ2n) is 7.56. The fraction of sp³-hybridized carbons (Fsp3) is 0.304. The van der Waals surface area contributed by atoms with Crippen LogP contribution in [0.15, 0.2) is 63.5 Å². The van der Waals surface area contributed by atoms with Gasteiger partial charge in [-0.3, -0.25) is 0 Å². The average molecular weight is 479 g/mol. The van der Waals surface area contributed by atoms with E-state index in [9.17, 15) is 0 Å². The van der Waals surface area contributed by atoms with E-state index in [-0.39, 0.29) is 24.8 Å². The van der Waals surface area contributed by atoms with Crippen molar-refractivity contribution < 1.29 is 49.8 Å². The summed E-state index contributed by atoms with van der Waals surface area (Å²) in [6.45, 7) is 2.33. The number of hydrogen-bond donors (Lipinski definition) is 0. The van der Waals surface area contributed by atoms with Crippen molar-refractivity contribution in [2.75, 3.05) is 7.11 Å². The number of fused-ring (bicyclic) bond motifs is 3. The van der Waals surface area contributed by atoms with Crippen LogP contribution < -0.4 is 29.6 Å². The summed E-state index contributed by atoms with van der Waals surface area (Å²) in [5.41, 5.74) is 7.61. The van der Waals surface area contributed by atoms with Crippen LogP contribution in [0.3, 0.4) is 0 Å². The zero-order valence-electron chi connectivity index (χ0n) is 15.8. The van der Waals surface area contributed by atoms with Crippen molar-refractivity contribution in [1.29, 1.82) is 0 Å². The summed E-state index contributed by atoms with van der Waals surface area (Å²) in [7, 11) is 1.81. The Hall–Kier alpha value is -0.817. The average Bonchev–Trinajstić information content (AvgIpc) is 3.17. The van der Waals surface area contributed by atoms with Gasteiger partial charge in [-0.1, -0.05) is 0 Å². The van der Waals surface area contributed by atoms with Gasteiger partial charge in [0, 0.05) is 0 Å². The molecule has 27 heavy (non-hydrogen) atoms. The zero-order chi connectivity index (χ0) is 17.0. The summed E-state index contributed by atoms with van der Waals surface area (Å²) in [5.74, 6) is 1.05. The summed E-state index contributed by atoms with van der Waals surface area (Å²) in [6, 6.07) is 15.8. The Morgan fingerprint density at radius 3 is 2.44 bits per heavy atom. The van der Waals surface area contributed by atoms with Gasteiger partial charge in [0.15, 0.2) is 0 Å². The van der Waals surface area contributed by atoms with Crippen molar-refractivity contribution in [3.05, 3.63) is 74.6 Å². The third-order valence-electron chi connectivity index (χ3n) is 6.48. The summed E-state index contributed by atoms with van der Waals surface area (Å²) in [4.78, 5) is 0. The van der Waals surface area contributed by atoms with E-state index in [0.717, 1.165) is 5.75 Å². The molecule has 0 aromatic heterocycles. The van der Waals surface area contributed by atoms with Gasteiger partial charge in [0.2, 0.25) is 0 Å². The summed E-state index contributed by atoms with van der Waals surface area (Å²) in [5, 5.41) is 0. The minimum absolute atomic E-state index is 0. The second kappa shape index (κ2) is 7.90. The van der Waals surface area contributed by atoms with Crippen molar-refractivity contribution in [3.8, 4) is 16.9 Å². The molecular weight excluding hydrogens is 454 g/mol. The predicted molar refractivity (Wildman–Crippen MR) is 101 cm³/mol. The van der Waals surface area contributed by atoms with E-state index in [4.69, 9.17) is 4.74 Å². The molecule has 2 aromatic rings. The van der Waals surface area contributed by atoms with E-state index in [1.165, 1.54) is 32.2 Å². The fourth-order valence-corrected chi connectivity index (χ4v) is 21.3. The van der Waals surface area contributed by atoms with Crippen LogP contribution in [-0.4, -0.2) is 7.11 Å². The quantitative estimate of drug-likeness (QED) is 0.619. The fourth-order valence-electron chi connectivity index (χ4n) is 5.29. The van der Waals surface area contributed by atoms with Crippen molar-refractivity contribution in [3.63, 3.8) is 0 Å². The Kier molecular flexibility index (Phi) is 6.12.